The summed E-state index contributed by atoms with van der Waals surface area (Å²) in [6, 6.07) is 6.09. The van der Waals surface area contributed by atoms with Crippen LogP contribution in [0.4, 0.5) is 5.69 Å². The van der Waals surface area contributed by atoms with Crippen LogP contribution in [-0.4, -0.2) is 30.2 Å². The maximum Gasteiger partial charge on any atom is 0.338 e. The molecular weight excluding hydrogens is 302 g/mol. The normalized spacial score (nSPS) is 10.4. The molecule has 2 aromatic rings. The molecule has 1 aromatic heterocycles. The highest BCUT2D eigenvalue weighted by molar-refractivity contribution is 6.03. The average Bonchev–Trinajstić information content (AvgIpc) is 2.97. The number of hydrogen-bond donors (Lipinski definition) is 2. The minimum Gasteiger partial charge on any atom is -0.493 e. The van der Waals surface area contributed by atoms with Crippen LogP contribution in [-0.2, 0) is 0 Å². The number of amides is 1. The van der Waals surface area contributed by atoms with Crippen molar-refractivity contribution >= 4 is 17.6 Å². The number of methoxy groups -OCH3 is 1. The molecular formula is C16H17NO6. The summed E-state index contributed by atoms with van der Waals surface area (Å²) in [5.41, 5.74) is 0.383. The second-order valence-electron chi connectivity index (χ2n) is 4.99. The van der Waals surface area contributed by atoms with Gasteiger partial charge in [-0.05, 0) is 26.0 Å². The summed E-state index contributed by atoms with van der Waals surface area (Å²) < 4.78 is 15.8. The fourth-order valence-electron chi connectivity index (χ4n) is 1.86. The van der Waals surface area contributed by atoms with Gasteiger partial charge in [-0.2, -0.15) is 0 Å². The van der Waals surface area contributed by atoms with Crippen molar-refractivity contribution in [3.63, 3.8) is 0 Å². The van der Waals surface area contributed by atoms with Gasteiger partial charge in [0.25, 0.3) is 5.91 Å². The van der Waals surface area contributed by atoms with Gasteiger partial charge >= 0.3 is 5.97 Å². The van der Waals surface area contributed by atoms with E-state index in [0.717, 1.165) is 12.3 Å². The van der Waals surface area contributed by atoms with E-state index in [9.17, 15) is 9.59 Å². The number of nitrogens with one attached hydrogen (secondary N) is 1. The minimum absolute atomic E-state index is 0.0574. The molecule has 0 spiro atoms. The Bertz CT molecular complexity index is 719. The Hall–Kier alpha value is -2.96. The van der Waals surface area contributed by atoms with Gasteiger partial charge in [0.15, 0.2) is 17.3 Å². The zero-order valence-electron chi connectivity index (χ0n) is 13.0. The topological polar surface area (TPSA) is 98.0 Å². The molecule has 122 valence electrons. The van der Waals surface area contributed by atoms with E-state index in [-0.39, 0.29) is 17.4 Å². The van der Waals surface area contributed by atoms with Crippen LogP contribution in [0.5, 0.6) is 11.5 Å². The van der Waals surface area contributed by atoms with Gasteiger partial charge in [0.1, 0.15) is 6.26 Å². The highest BCUT2D eigenvalue weighted by Gasteiger charge is 2.16. The first-order valence-corrected chi connectivity index (χ1v) is 6.88. The number of anilines is 1. The van der Waals surface area contributed by atoms with Crippen molar-refractivity contribution in [3.05, 3.63) is 41.9 Å². The summed E-state index contributed by atoms with van der Waals surface area (Å²) in [6.07, 6.45) is 0.955. The van der Waals surface area contributed by atoms with Crippen LogP contribution in [0.1, 0.15) is 34.8 Å². The quantitative estimate of drug-likeness (QED) is 0.849. The molecule has 0 aliphatic rings. The fourth-order valence-corrected chi connectivity index (χ4v) is 1.86. The number of furan rings is 1. The largest absolute Gasteiger partial charge is 0.493 e. The SMILES string of the molecule is COc1ccc(NC(=O)c2cc(C(=O)O)co2)cc1OC(C)C. The summed E-state index contributed by atoms with van der Waals surface area (Å²) in [6.45, 7) is 3.75. The van der Waals surface area contributed by atoms with Crippen LogP contribution in [0.15, 0.2) is 34.9 Å². The second kappa shape index (κ2) is 6.87. The van der Waals surface area contributed by atoms with E-state index in [0.29, 0.717) is 17.2 Å². The van der Waals surface area contributed by atoms with Crippen molar-refractivity contribution in [3.8, 4) is 11.5 Å². The van der Waals surface area contributed by atoms with Crippen molar-refractivity contribution in [1.29, 1.82) is 0 Å². The lowest BCUT2D eigenvalue weighted by atomic mass is 10.2. The van der Waals surface area contributed by atoms with E-state index in [1.807, 2.05) is 13.8 Å². The van der Waals surface area contributed by atoms with Crippen LogP contribution in [0.25, 0.3) is 0 Å². The van der Waals surface area contributed by atoms with Crippen molar-refractivity contribution in [2.75, 3.05) is 12.4 Å². The summed E-state index contributed by atoms with van der Waals surface area (Å²) in [5.74, 6) is -0.776. The first-order valence-electron chi connectivity index (χ1n) is 6.88. The van der Waals surface area contributed by atoms with Crippen LogP contribution < -0.4 is 14.8 Å². The van der Waals surface area contributed by atoms with Crippen molar-refractivity contribution in [2.45, 2.75) is 20.0 Å². The van der Waals surface area contributed by atoms with Crippen molar-refractivity contribution in [2.24, 2.45) is 0 Å². The molecule has 0 aliphatic carbocycles. The molecule has 0 saturated carbocycles. The lowest BCUT2D eigenvalue weighted by Crippen LogP contribution is -2.12. The van der Waals surface area contributed by atoms with E-state index >= 15 is 0 Å². The third kappa shape index (κ3) is 4.03. The maximum absolute atomic E-state index is 12.1. The van der Waals surface area contributed by atoms with Gasteiger partial charge in [-0.3, -0.25) is 4.79 Å². The van der Waals surface area contributed by atoms with Crippen LogP contribution >= 0.6 is 0 Å². The van der Waals surface area contributed by atoms with Crippen LogP contribution in [0, 0.1) is 0 Å². The molecule has 1 heterocycles. The Morgan fingerprint density at radius 2 is 1.96 bits per heavy atom. The van der Waals surface area contributed by atoms with Gasteiger partial charge in [0.2, 0.25) is 0 Å². The predicted octanol–water partition coefficient (Wildman–Crippen LogP) is 3.03. The number of benzene rings is 1. The number of carbonyl (C=O) groups is 2. The molecule has 23 heavy (non-hydrogen) atoms. The van der Waals surface area contributed by atoms with Gasteiger partial charge in [0, 0.05) is 17.8 Å². The molecule has 0 atom stereocenters. The highest BCUT2D eigenvalue weighted by Crippen LogP contribution is 2.31. The first-order chi connectivity index (χ1) is 10.9. The molecule has 0 radical (unpaired) electrons. The smallest absolute Gasteiger partial charge is 0.338 e. The molecule has 2 rings (SSSR count). The molecule has 1 aromatic carbocycles. The molecule has 0 fully saturated rings. The molecule has 0 aliphatic heterocycles. The van der Waals surface area contributed by atoms with Gasteiger partial charge in [-0.25, -0.2) is 4.79 Å². The fraction of sp³-hybridized carbons (Fsp3) is 0.250. The number of carboxylic acids is 1. The Morgan fingerprint density at radius 3 is 2.52 bits per heavy atom. The number of rotatable bonds is 6. The molecule has 7 nitrogen and oxygen atoms in total. The standard InChI is InChI=1S/C16H17NO6/c1-9(2)23-13-7-11(4-5-12(13)21-3)17-15(18)14-6-10(8-22-14)16(19)20/h4-9H,1-3H3,(H,17,18)(H,19,20). The molecule has 7 heteroatoms. The molecule has 1 amide bonds. The summed E-state index contributed by atoms with van der Waals surface area (Å²) >= 11 is 0. The van der Waals surface area contributed by atoms with Crippen LogP contribution in [0.2, 0.25) is 0 Å². The van der Waals surface area contributed by atoms with E-state index in [2.05, 4.69) is 5.32 Å². The van der Waals surface area contributed by atoms with E-state index in [1.165, 1.54) is 7.11 Å². The predicted molar refractivity (Wildman–Crippen MR) is 82.4 cm³/mol. The van der Waals surface area contributed by atoms with Gasteiger partial charge < -0.3 is 24.3 Å². The van der Waals surface area contributed by atoms with Gasteiger partial charge in [0.05, 0.1) is 18.8 Å². The van der Waals surface area contributed by atoms with Crippen LogP contribution in [0.3, 0.4) is 0 Å². The third-order valence-corrected chi connectivity index (χ3v) is 2.85. The molecule has 2 N–H and O–H groups in total. The first kappa shape index (κ1) is 16.4. The Balaban J connectivity index is 2.18. The van der Waals surface area contributed by atoms with E-state index in [4.69, 9.17) is 19.0 Å². The van der Waals surface area contributed by atoms with Gasteiger partial charge in [-0.15, -0.1) is 0 Å². The van der Waals surface area contributed by atoms with E-state index < -0.39 is 11.9 Å². The average molecular weight is 319 g/mol. The van der Waals surface area contributed by atoms with Crippen molar-refractivity contribution < 1.29 is 28.6 Å². The monoisotopic (exact) mass is 319 g/mol. The second-order valence-corrected chi connectivity index (χ2v) is 4.99. The molecule has 0 bridgehead atoms. The summed E-state index contributed by atoms with van der Waals surface area (Å²) in [7, 11) is 1.52. The summed E-state index contributed by atoms with van der Waals surface area (Å²) in [4.78, 5) is 22.9. The molecule has 0 unspecified atom stereocenters. The molecule has 0 saturated heterocycles. The number of hydrogen-bond acceptors (Lipinski definition) is 5. The highest BCUT2D eigenvalue weighted by atomic mass is 16.5. The number of carboxylic acid groups (broad SMARTS) is 1. The van der Waals surface area contributed by atoms with Gasteiger partial charge in [-0.1, -0.05) is 0 Å². The zero-order chi connectivity index (χ0) is 17.0. The third-order valence-electron chi connectivity index (χ3n) is 2.85. The Morgan fingerprint density at radius 1 is 1.22 bits per heavy atom. The summed E-state index contributed by atoms with van der Waals surface area (Å²) in [5, 5.41) is 11.4. The maximum atomic E-state index is 12.1. The number of aromatic carboxylic acids is 1. The minimum atomic E-state index is -1.16. The lowest BCUT2D eigenvalue weighted by molar-refractivity contribution is 0.0696. The lowest BCUT2D eigenvalue weighted by Gasteiger charge is -2.14. The number of carbonyl (C=O) groups excluding carboxylic acids is 1. The zero-order valence-corrected chi connectivity index (χ0v) is 13.0. The number of ether oxygens (including phenoxy) is 2. The van der Waals surface area contributed by atoms with Crippen molar-refractivity contribution in [1.82, 2.24) is 0 Å². The van der Waals surface area contributed by atoms with E-state index in [1.54, 1.807) is 18.2 Å². The Kier molecular flexibility index (Phi) is 4.90. The Labute approximate surface area is 132 Å².